The second-order valence-electron chi connectivity index (χ2n) is 7.74. The Kier molecular flexibility index (Phi) is 8.02. The van der Waals surface area contributed by atoms with Crippen LogP contribution in [0, 0.1) is 11.3 Å². The average Bonchev–Trinajstić information content (AvgIpc) is 3.00. The zero-order valence-corrected chi connectivity index (χ0v) is 16.4. The van der Waals surface area contributed by atoms with Gasteiger partial charge in [-0.3, -0.25) is 19.6 Å². The van der Waals surface area contributed by atoms with E-state index in [2.05, 4.69) is 5.32 Å². The van der Waals surface area contributed by atoms with E-state index in [0.717, 1.165) is 12.8 Å². The lowest BCUT2D eigenvalue weighted by molar-refractivity contribution is -0.154. The van der Waals surface area contributed by atoms with Crippen LogP contribution in [0.2, 0.25) is 0 Å². The Morgan fingerprint density at radius 2 is 2.04 bits per heavy atom. The molecule has 1 rings (SSSR count). The molecule has 7 nitrogen and oxygen atoms in total. The van der Waals surface area contributed by atoms with Crippen molar-refractivity contribution >= 4 is 18.1 Å². The van der Waals surface area contributed by atoms with Crippen molar-refractivity contribution in [2.24, 2.45) is 18.4 Å². The highest BCUT2D eigenvalue weighted by Gasteiger charge is 2.36. The highest BCUT2D eigenvalue weighted by molar-refractivity contribution is 6.01. The second-order valence-corrected chi connectivity index (χ2v) is 7.74. The number of carbonyl (C=O) groups excluding carboxylic acids is 3. The number of aryl methyl sites for hydroxylation is 1. The molecule has 1 heterocycles. The van der Waals surface area contributed by atoms with Gasteiger partial charge in [0, 0.05) is 13.2 Å². The number of amides is 2. The number of carbonyl (C=O) groups is 3. The van der Waals surface area contributed by atoms with Crippen LogP contribution in [-0.4, -0.2) is 45.5 Å². The molecular formula is C19H31N3O4. The molecule has 0 fully saturated rings. The molecule has 0 saturated heterocycles. The zero-order valence-electron chi connectivity index (χ0n) is 16.4. The van der Waals surface area contributed by atoms with E-state index in [9.17, 15) is 19.6 Å². The maximum Gasteiger partial charge on any atom is 0.233 e. The Morgan fingerprint density at radius 1 is 1.38 bits per heavy atom. The number of hydrogen-bond acceptors (Lipinski definition) is 4. The van der Waals surface area contributed by atoms with Crippen molar-refractivity contribution in [2.75, 3.05) is 6.54 Å². The summed E-state index contributed by atoms with van der Waals surface area (Å²) in [5.41, 5.74) is 0.0302. The Morgan fingerprint density at radius 3 is 2.50 bits per heavy atom. The molecule has 0 aliphatic heterocycles. The molecule has 2 amide bonds. The molecule has 1 aromatic heterocycles. The fraction of sp³-hybridized carbons (Fsp3) is 0.632. The van der Waals surface area contributed by atoms with E-state index in [1.54, 1.807) is 29.9 Å². The van der Waals surface area contributed by atoms with Crippen molar-refractivity contribution in [1.29, 1.82) is 0 Å². The largest absolute Gasteiger partial charge is 0.348 e. The lowest BCUT2D eigenvalue weighted by Crippen LogP contribution is -2.52. The summed E-state index contributed by atoms with van der Waals surface area (Å²) in [6, 6.07) is 2.80. The van der Waals surface area contributed by atoms with Crippen LogP contribution in [0.5, 0.6) is 0 Å². The van der Waals surface area contributed by atoms with Gasteiger partial charge in [0.05, 0.1) is 24.2 Å². The van der Waals surface area contributed by atoms with E-state index in [4.69, 9.17) is 0 Å². The average molecular weight is 365 g/mol. The highest BCUT2D eigenvalue weighted by atomic mass is 16.5. The molecule has 0 aromatic carbocycles. The fourth-order valence-electron chi connectivity index (χ4n) is 2.83. The Hall–Kier alpha value is -2.15. The molecule has 0 aliphatic carbocycles. The molecule has 26 heavy (non-hydrogen) atoms. The summed E-state index contributed by atoms with van der Waals surface area (Å²) in [5, 5.41) is 12.8. The van der Waals surface area contributed by atoms with Gasteiger partial charge < -0.3 is 9.88 Å². The lowest BCUT2D eigenvalue weighted by atomic mass is 9.82. The van der Waals surface area contributed by atoms with Crippen molar-refractivity contribution in [3.8, 4) is 0 Å². The van der Waals surface area contributed by atoms with Gasteiger partial charge in [-0.1, -0.05) is 40.5 Å². The number of unbranched alkanes of at least 4 members (excludes halogenated alkanes) is 1. The molecular weight excluding hydrogens is 334 g/mol. The van der Waals surface area contributed by atoms with Gasteiger partial charge in [0.1, 0.15) is 0 Å². The molecule has 0 aliphatic rings. The minimum Gasteiger partial charge on any atom is -0.348 e. The van der Waals surface area contributed by atoms with E-state index in [1.165, 1.54) is 0 Å². The van der Waals surface area contributed by atoms with E-state index >= 15 is 0 Å². The monoisotopic (exact) mass is 365 g/mol. The molecule has 0 bridgehead atoms. The first-order valence-electron chi connectivity index (χ1n) is 8.98. The van der Waals surface area contributed by atoms with Crippen LogP contribution < -0.4 is 5.32 Å². The van der Waals surface area contributed by atoms with Gasteiger partial charge in [-0.25, -0.2) is 5.06 Å². The molecule has 1 aromatic rings. The standard InChI is InChI=1S/C19H31N3O4/c1-6-7-9-14(12-22(26)13-23)18(25)20-17(19(2,3)4)16(24)15-10-8-11-21(15)5/h8,10-11,13-14,17,26H,6-7,9,12H2,1-5H3,(H,20,25)/t14-,17-/m1/s1. The zero-order chi connectivity index (χ0) is 19.9. The van der Waals surface area contributed by atoms with Gasteiger partial charge in [-0.05, 0) is 24.0 Å². The summed E-state index contributed by atoms with van der Waals surface area (Å²) in [7, 11) is 1.78. The van der Waals surface area contributed by atoms with Crippen molar-refractivity contribution in [1.82, 2.24) is 14.9 Å². The van der Waals surface area contributed by atoms with Gasteiger partial charge in [-0.15, -0.1) is 0 Å². The first-order chi connectivity index (χ1) is 12.1. The van der Waals surface area contributed by atoms with Crippen molar-refractivity contribution in [2.45, 2.75) is 53.0 Å². The molecule has 2 N–H and O–H groups in total. The summed E-state index contributed by atoms with van der Waals surface area (Å²) in [5.74, 6) is -1.07. The fourth-order valence-corrected chi connectivity index (χ4v) is 2.83. The second kappa shape index (κ2) is 9.52. The van der Waals surface area contributed by atoms with Crippen LogP contribution in [-0.2, 0) is 16.6 Å². The van der Waals surface area contributed by atoms with Gasteiger partial charge in [-0.2, -0.15) is 0 Å². The molecule has 146 valence electrons. The maximum atomic E-state index is 13.0. The SMILES string of the molecule is CCCC[C@H](CN(O)C=O)C(=O)N[C@H](C(=O)c1cccn1C)C(C)(C)C. The van der Waals surface area contributed by atoms with Crippen molar-refractivity contribution in [3.05, 3.63) is 24.0 Å². The number of rotatable bonds is 10. The van der Waals surface area contributed by atoms with E-state index in [0.29, 0.717) is 17.2 Å². The number of nitrogens with one attached hydrogen (secondary N) is 1. The highest BCUT2D eigenvalue weighted by Crippen LogP contribution is 2.24. The van der Waals surface area contributed by atoms with E-state index in [-0.39, 0.29) is 24.6 Å². The third kappa shape index (κ3) is 5.98. The minimum atomic E-state index is -0.712. The van der Waals surface area contributed by atoms with Crippen LogP contribution in [0.25, 0.3) is 0 Å². The molecule has 0 spiro atoms. The molecule has 2 atom stereocenters. The predicted octanol–water partition coefficient (Wildman–Crippen LogP) is 2.39. The predicted molar refractivity (Wildman–Crippen MR) is 98.7 cm³/mol. The van der Waals surface area contributed by atoms with Gasteiger partial charge >= 0.3 is 0 Å². The number of Topliss-reactive ketones (excluding diaryl/α,β-unsaturated/α-hetero) is 1. The number of aromatic nitrogens is 1. The molecule has 7 heteroatoms. The van der Waals surface area contributed by atoms with Crippen LogP contribution in [0.4, 0.5) is 0 Å². The third-order valence-electron chi connectivity index (χ3n) is 4.42. The molecule has 0 unspecified atom stereocenters. The van der Waals surface area contributed by atoms with Crippen LogP contribution in [0.1, 0.15) is 57.4 Å². The summed E-state index contributed by atoms with van der Waals surface area (Å²) in [6.07, 6.45) is 4.27. The smallest absolute Gasteiger partial charge is 0.233 e. The first-order valence-corrected chi connectivity index (χ1v) is 8.98. The van der Waals surface area contributed by atoms with Crippen LogP contribution in [0.15, 0.2) is 18.3 Å². The van der Waals surface area contributed by atoms with Gasteiger partial charge in [0.25, 0.3) is 0 Å². The minimum absolute atomic E-state index is 0.0927. The van der Waals surface area contributed by atoms with E-state index < -0.39 is 17.4 Å². The van der Waals surface area contributed by atoms with Crippen molar-refractivity contribution in [3.63, 3.8) is 0 Å². The number of hydroxylamine groups is 2. The Balaban J connectivity index is 3.00. The first kappa shape index (κ1) is 21.9. The van der Waals surface area contributed by atoms with Gasteiger partial charge in [0.15, 0.2) is 0 Å². The third-order valence-corrected chi connectivity index (χ3v) is 4.42. The van der Waals surface area contributed by atoms with Crippen molar-refractivity contribution < 1.29 is 19.6 Å². The Bertz CT molecular complexity index is 619. The summed E-state index contributed by atoms with van der Waals surface area (Å²) >= 11 is 0. The summed E-state index contributed by atoms with van der Waals surface area (Å²) in [6.45, 7) is 7.59. The Labute approximate surface area is 155 Å². The van der Waals surface area contributed by atoms with Crippen LogP contribution in [0.3, 0.4) is 0 Å². The topological polar surface area (TPSA) is 91.6 Å². The van der Waals surface area contributed by atoms with Crippen LogP contribution >= 0.6 is 0 Å². The van der Waals surface area contributed by atoms with E-state index in [1.807, 2.05) is 27.7 Å². The van der Waals surface area contributed by atoms with Gasteiger partial charge in [0.2, 0.25) is 18.1 Å². The molecule has 0 radical (unpaired) electrons. The lowest BCUT2D eigenvalue weighted by Gasteiger charge is -2.32. The quantitative estimate of drug-likeness (QED) is 0.288. The number of ketones is 1. The summed E-state index contributed by atoms with van der Waals surface area (Å²) in [4.78, 5) is 36.5. The number of hydrogen-bond donors (Lipinski definition) is 2. The number of nitrogens with zero attached hydrogens (tertiary/aromatic N) is 2. The maximum absolute atomic E-state index is 13.0. The molecule has 0 saturated carbocycles. The normalized spacial score (nSPS) is 13.8. The summed E-state index contributed by atoms with van der Waals surface area (Å²) < 4.78 is 1.73.